The van der Waals surface area contributed by atoms with Crippen molar-refractivity contribution in [2.45, 2.75) is 18.6 Å². The normalized spacial score (nSPS) is 12.9. The number of aromatic nitrogens is 2. The third-order valence-corrected chi connectivity index (χ3v) is 5.60. The molecule has 11 heteroatoms. The van der Waals surface area contributed by atoms with E-state index in [0.717, 1.165) is 34.6 Å². The van der Waals surface area contributed by atoms with E-state index in [1.807, 2.05) is 6.92 Å². The molecule has 2 N–H and O–H groups in total. The lowest BCUT2D eigenvalue weighted by atomic mass is 9.97. The molecule has 0 fully saturated rings. The van der Waals surface area contributed by atoms with E-state index in [0.29, 0.717) is 22.4 Å². The van der Waals surface area contributed by atoms with Crippen LogP contribution in [0.15, 0.2) is 41.6 Å². The van der Waals surface area contributed by atoms with Crippen LogP contribution in [0.5, 0.6) is 0 Å². The van der Waals surface area contributed by atoms with E-state index in [-0.39, 0.29) is 23.4 Å². The van der Waals surface area contributed by atoms with Gasteiger partial charge in [0, 0.05) is 23.7 Å². The van der Waals surface area contributed by atoms with Gasteiger partial charge in [-0.15, -0.1) is 0 Å². The highest BCUT2D eigenvalue weighted by Crippen LogP contribution is 2.39. The minimum absolute atomic E-state index is 0.0250. The Balaban J connectivity index is 2.00. The van der Waals surface area contributed by atoms with Crippen molar-refractivity contribution in [2.24, 2.45) is 0 Å². The molecule has 1 aliphatic rings. The first-order valence-corrected chi connectivity index (χ1v) is 10.6. The van der Waals surface area contributed by atoms with Gasteiger partial charge in [0.05, 0.1) is 31.4 Å². The zero-order valence-electron chi connectivity index (χ0n) is 17.9. The lowest BCUT2D eigenvalue weighted by Crippen LogP contribution is -2.43. The van der Waals surface area contributed by atoms with E-state index < -0.39 is 23.4 Å². The Bertz CT molecular complexity index is 1250. The maximum atomic E-state index is 14.6. The number of hydrogen-bond donors (Lipinski definition) is 2. The van der Waals surface area contributed by atoms with Crippen LogP contribution in [0.1, 0.15) is 21.5 Å². The standard InChI is InChI=1S/C22H19F2N5O3S/c1-11-7-8-12(20(30)25-2)9-13(11)17-14-10-26-22(31)29(18-15(23)5-4-6-16(18)24)19(14)28-21(27-17)33-32-3/h4-9H,10H2,1-3H3,(H,25,30)(H,26,31). The molecule has 0 unspecified atom stereocenters. The average molecular weight is 471 g/mol. The minimum Gasteiger partial charge on any atom is -0.355 e. The van der Waals surface area contributed by atoms with E-state index >= 15 is 0 Å². The third-order valence-electron chi connectivity index (χ3n) is 5.10. The van der Waals surface area contributed by atoms with Gasteiger partial charge < -0.3 is 14.8 Å². The highest BCUT2D eigenvalue weighted by atomic mass is 32.2. The molecule has 4 rings (SSSR count). The molecule has 0 radical (unpaired) electrons. The number of nitrogens with one attached hydrogen (secondary N) is 2. The lowest BCUT2D eigenvalue weighted by molar-refractivity contribution is 0.0963. The molecule has 1 aliphatic heterocycles. The highest BCUT2D eigenvalue weighted by molar-refractivity contribution is 7.94. The van der Waals surface area contributed by atoms with Crippen LogP contribution in [0.4, 0.5) is 25.1 Å². The van der Waals surface area contributed by atoms with Crippen LogP contribution in [0, 0.1) is 18.6 Å². The minimum atomic E-state index is -0.920. The fourth-order valence-corrected chi connectivity index (χ4v) is 3.95. The summed E-state index contributed by atoms with van der Waals surface area (Å²) in [5.74, 6) is -2.10. The summed E-state index contributed by atoms with van der Waals surface area (Å²) in [4.78, 5) is 34.7. The average Bonchev–Trinajstić information content (AvgIpc) is 2.80. The van der Waals surface area contributed by atoms with Gasteiger partial charge in [-0.3, -0.25) is 4.79 Å². The maximum Gasteiger partial charge on any atom is 0.328 e. The second-order valence-corrected chi connectivity index (χ2v) is 7.95. The molecule has 0 saturated carbocycles. The Labute approximate surface area is 192 Å². The van der Waals surface area contributed by atoms with Crippen LogP contribution in [0.25, 0.3) is 11.3 Å². The van der Waals surface area contributed by atoms with Crippen molar-refractivity contribution in [3.05, 3.63) is 64.7 Å². The molecule has 2 aromatic carbocycles. The van der Waals surface area contributed by atoms with Gasteiger partial charge in [-0.05, 0) is 36.8 Å². The Hall–Kier alpha value is -3.57. The smallest absolute Gasteiger partial charge is 0.328 e. The summed E-state index contributed by atoms with van der Waals surface area (Å²) < 4.78 is 34.4. The second-order valence-electron chi connectivity index (χ2n) is 7.08. The molecule has 0 saturated heterocycles. The van der Waals surface area contributed by atoms with Crippen molar-refractivity contribution < 1.29 is 22.6 Å². The van der Waals surface area contributed by atoms with Gasteiger partial charge in [-0.1, -0.05) is 12.1 Å². The topological polar surface area (TPSA) is 96.5 Å². The lowest BCUT2D eigenvalue weighted by Gasteiger charge is -2.30. The van der Waals surface area contributed by atoms with Crippen molar-refractivity contribution >= 4 is 35.5 Å². The quantitative estimate of drug-likeness (QED) is 0.430. The molecule has 0 aliphatic carbocycles. The Morgan fingerprint density at radius 2 is 1.94 bits per heavy atom. The number of aryl methyl sites for hydroxylation is 1. The van der Waals surface area contributed by atoms with Gasteiger partial charge in [0.25, 0.3) is 5.91 Å². The largest absolute Gasteiger partial charge is 0.355 e. The number of fused-ring (bicyclic) bond motifs is 1. The maximum absolute atomic E-state index is 14.6. The number of halogens is 2. The van der Waals surface area contributed by atoms with Crippen molar-refractivity contribution in [3.8, 4) is 11.3 Å². The number of hydrogen-bond acceptors (Lipinski definition) is 6. The fourth-order valence-electron chi connectivity index (χ4n) is 3.55. The van der Waals surface area contributed by atoms with Gasteiger partial charge in [0.2, 0.25) is 5.16 Å². The summed E-state index contributed by atoms with van der Waals surface area (Å²) in [6.45, 7) is 1.87. The first kappa shape index (κ1) is 22.6. The van der Waals surface area contributed by atoms with Crippen molar-refractivity contribution in [3.63, 3.8) is 0 Å². The second kappa shape index (κ2) is 9.12. The summed E-state index contributed by atoms with van der Waals surface area (Å²) in [7, 11) is 2.95. The fraction of sp³-hybridized carbons (Fsp3) is 0.182. The summed E-state index contributed by atoms with van der Waals surface area (Å²) in [5.41, 5.74) is 2.11. The SMILES string of the molecule is CNC(=O)c1ccc(C)c(-c2nc(SOC)nc3c2CNC(=O)N3c2c(F)cccc2F)c1. The Morgan fingerprint density at radius 3 is 2.61 bits per heavy atom. The predicted molar refractivity (Wildman–Crippen MR) is 119 cm³/mol. The first-order valence-electron chi connectivity index (χ1n) is 9.82. The van der Waals surface area contributed by atoms with Crippen molar-refractivity contribution in [1.82, 2.24) is 20.6 Å². The number of carbonyl (C=O) groups is 2. The number of amides is 3. The molecule has 3 aromatic rings. The van der Waals surface area contributed by atoms with Crippen LogP contribution < -0.4 is 15.5 Å². The van der Waals surface area contributed by atoms with Crippen LogP contribution in [0.3, 0.4) is 0 Å². The van der Waals surface area contributed by atoms with Crippen LogP contribution in [-0.4, -0.2) is 36.1 Å². The number of anilines is 2. The van der Waals surface area contributed by atoms with Crippen LogP contribution >= 0.6 is 12.0 Å². The molecule has 0 spiro atoms. The van der Waals surface area contributed by atoms with Gasteiger partial charge in [-0.25, -0.2) is 28.4 Å². The molecular formula is C22H19F2N5O3S. The zero-order chi connectivity index (χ0) is 23.7. The first-order chi connectivity index (χ1) is 15.8. The number of urea groups is 1. The number of nitrogens with zero attached hydrogens (tertiary/aromatic N) is 3. The molecule has 170 valence electrons. The highest BCUT2D eigenvalue weighted by Gasteiger charge is 2.34. The zero-order valence-corrected chi connectivity index (χ0v) is 18.7. The van der Waals surface area contributed by atoms with Gasteiger partial charge in [0.1, 0.15) is 17.3 Å². The Morgan fingerprint density at radius 1 is 1.21 bits per heavy atom. The number of para-hydroxylation sites is 1. The molecule has 3 amide bonds. The summed E-state index contributed by atoms with van der Waals surface area (Å²) in [6.07, 6.45) is 0. The molecule has 8 nitrogen and oxygen atoms in total. The molecule has 0 atom stereocenters. The third kappa shape index (κ3) is 4.12. The monoisotopic (exact) mass is 471 g/mol. The molecule has 2 heterocycles. The van der Waals surface area contributed by atoms with E-state index in [2.05, 4.69) is 20.6 Å². The van der Waals surface area contributed by atoms with E-state index in [1.54, 1.807) is 18.2 Å². The summed E-state index contributed by atoms with van der Waals surface area (Å²) in [5, 5.41) is 5.33. The van der Waals surface area contributed by atoms with Gasteiger partial charge in [-0.2, -0.15) is 0 Å². The summed E-state index contributed by atoms with van der Waals surface area (Å²) in [6, 6.07) is 7.71. The van der Waals surface area contributed by atoms with Crippen LogP contribution in [-0.2, 0) is 10.7 Å². The summed E-state index contributed by atoms with van der Waals surface area (Å²) >= 11 is 0.837. The predicted octanol–water partition coefficient (Wildman–Crippen LogP) is 4.10. The Kier molecular flexibility index (Phi) is 6.25. The molecule has 0 bridgehead atoms. The number of carbonyl (C=O) groups excluding carboxylic acids is 2. The van der Waals surface area contributed by atoms with E-state index in [1.165, 1.54) is 20.2 Å². The van der Waals surface area contributed by atoms with E-state index in [4.69, 9.17) is 4.18 Å². The molecule has 33 heavy (non-hydrogen) atoms. The van der Waals surface area contributed by atoms with Crippen molar-refractivity contribution in [1.29, 1.82) is 0 Å². The van der Waals surface area contributed by atoms with Crippen LogP contribution in [0.2, 0.25) is 0 Å². The molecular weight excluding hydrogens is 452 g/mol. The van der Waals surface area contributed by atoms with Crippen molar-refractivity contribution in [2.75, 3.05) is 19.1 Å². The van der Waals surface area contributed by atoms with Gasteiger partial charge in [0.15, 0.2) is 5.82 Å². The number of benzene rings is 2. The molecule has 1 aromatic heterocycles. The number of rotatable bonds is 5. The van der Waals surface area contributed by atoms with E-state index in [9.17, 15) is 18.4 Å². The van der Waals surface area contributed by atoms with Gasteiger partial charge >= 0.3 is 6.03 Å².